The van der Waals surface area contributed by atoms with Crippen LogP contribution in [0.4, 0.5) is 17.6 Å². The van der Waals surface area contributed by atoms with E-state index in [1.807, 2.05) is 0 Å². The summed E-state index contributed by atoms with van der Waals surface area (Å²) in [6, 6.07) is -0.764. The predicted octanol–water partition coefficient (Wildman–Crippen LogP) is 2.21. The lowest BCUT2D eigenvalue weighted by Gasteiger charge is -2.43. The Hall–Kier alpha value is -1.18. The summed E-state index contributed by atoms with van der Waals surface area (Å²) in [5.74, 6) is -5.65. The van der Waals surface area contributed by atoms with Crippen molar-refractivity contribution in [3.63, 3.8) is 0 Å². The highest BCUT2D eigenvalue weighted by atomic mass is 19.2. The molecule has 22 heavy (non-hydrogen) atoms. The number of nitrogens with one attached hydrogen (secondary N) is 1. The molecule has 3 nitrogen and oxygen atoms in total. The topological polar surface area (TPSA) is 35.5 Å². The number of piperazine rings is 1. The maximum absolute atomic E-state index is 14.2. The maximum atomic E-state index is 14.2. The van der Waals surface area contributed by atoms with Gasteiger partial charge in [0.1, 0.15) is 0 Å². The number of nitrogens with zero attached hydrogens (tertiary/aromatic N) is 1. The molecule has 0 unspecified atom stereocenters. The van der Waals surface area contributed by atoms with Gasteiger partial charge in [-0.3, -0.25) is 4.90 Å². The molecule has 1 saturated heterocycles. The van der Waals surface area contributed by atoms with Gasteiger partial charge in [0.15, 0.2) is 23.3 Å². The van der Waals surface area contributed by atoms with Gasteiger partial charge in [0.25, 0.3) is 0 Å². The highest BCUT2D eigenvalue weighted by Gasteiger charge is 2.40. The number of hydrogen-bond acceptors (Lipinski definition) is 3. The first-order valence-corrected chi connectivity index (χ1v) is 7.18. The van der Waals surface area contributed by atoms with E-state index in [-0.39, 0.29) is 12.7 Å². The molecule has 1 aromatic carbocycles. The van der Waals surface area contributed by atoms with Gasteiger partial charge in [0.05, 0.1) is 0 Å². The average molecular weight is 320 g/mol. The van der Waals surface area contributed by atoms with Crippen molar-refractivity contribution in [2.45, 2.75) is 19.9 Å². The van der Waals surface area contributed by atoms with Gasteiger partial charge in [-0.1, -0.05) is 13.8 Å². The van der Waals surface area contributed by atoms with Gasteiger partial charge in [-0.2, -0.15) is 0 Å². The van der Waals surface area contributed by atoms with Crippen molar-refractivity contribution in [3.8, 4) is 0 Å². The van der Waals surface area contributed by atoms with Crippen LogP contribution in [0.5, 0.6) is 0 Å². The first-order chi connectivity index (χ1) is 10.3. The molecule has 2 N–H and O–H groups in total. The van der Waals surface area contributed by atoms with E-state index in [0.717, 1.165) is 0 Å². The van der Waals surface area contributed by atoms with Crippen molar-refractivity contribution >= 4 is 0 Å². The van der Waals surface area contributed by atoms with Crippen LogP contribution in [0, 0.1) is 28.7 Å². The fraction of sp³-hybridized carbons (Fsp3) is 0.600. The summed E-state index contributed by atoms with van der Waals surface area (Å²) >= 11 is 0. The molecule has 1 aliphatic heterocycles. The van der Waals surface area contributed by atoms with Gasteiger partial charge in [-0.15, -0.1) is 0 Å². The molecule has 1 atom stereocenters. The monoisotopic (exact) mass is 320 g/mol. The van der Waals surface area contributed by atoms with E-state index in [9.17, 15) is 22.7 Å². The number of halogens is 4. The largest absolute Gasteiger partial charge is 0.396 e. The number of hydrogen-bond donors (Lipinski definition) is 2. The zero-order chi connectivity index (χ0) is 16.5. The third-order valence-corrected chi connectivity index (χ3v) is 4.08. The molecule has 1 heterocycles. The van der Waals surface area contributed by atoms with E-state index < -0.39 is 40.3 Å². The molecule has 124 valence electrons. The molecule has 0 amide bonds. The molecule has 1 aromatic rings. The first kappa shape index (κ1) is 17.2. The van der Waals surface area contributed by atoms with Crippen molar-refractivity contribution in [3.05, 3.63) is 34.9 Å². The predicted molar refractivity (Wildman–Crippen MR) is 74.3 cm³/mol. The molecule has 2 rings (SSSR count). The summed E-state index contributed by atoms with van der Waals surface area (Å²) in [7, 11) is 0. The van der Waals surface area contributed by atoms with Crippen molar-refractivity contribution in [1.29, 1.82) is 0 Å². The van der Waals surface area contributed by atoms with E-state index in [2.05, 4.69) is 5.32 Å². The Morgan fingerprint density at radius 3 is 2.09 bits per heavy atom. The summed E-state index contributed by atoms with van der Waals surface area (Å²) in [5, 5.41) is 12.7. The highest BCUT2D eigenvalue weighted by molar-refractivity contribution is 5.28. The molecule has 0 spiro atoms. The summed E-state index contributed by atoms with van der Waals surface area (Å²) in [4.78, 5) is 1.74. The maximum Gasteiger partial charge on any atom is 0.166 e. The van der Waals surface area contributed by atoms with Gasteiger partial charge >= 0.3 is 0 Å². The standard InChI is InChI=1S/C15H20F4N2O/c1-15(2,8-22)14(21-5-3-20-4-6-21)11-12(18)9(16)7-10(17)13(11)19/h7,14,20,22H,3-6,8H2,1-2H3/t14-/m0/s1. The molecule has 0 aliphatic carbocycles. The summed E-state index contributed by atoms with van der Waals surface area (Å²) in [6.45, 7) is 4.97. The summed E-state index contributed by atoms with van der Waals surface area (Å²) in [5.41, 5.74) is -1.63. The SMILES string of the molecule is CC(C)(CO)[C@H](c1c(F)c(F)cc(F)c1F)N1CCNCC1. The van der Waals surface area contributed by atoms with Crippen LogP contribution >= 0.6 is 0 Å². The minimum Gasteiger partial charge on any atom is -0.396 e. The lowest BCUT2D eigenvalue weighted by Crippen LogP contribution is -2.50. The minimum absolute atomic E-state index is 0.203. The zero-order valence-electron chi connectivity index (χ0n) is 12.6. The van der Waals surface area contributed by atoms with Crippen LogP contribution in [0.15, 0.2) is 6.07 Å². The van der Waals surface area contributed by atoms with Gasteiger partial charge < -0.3 is 10.4 Å². The second kappa shape index (κ2) is 6.52. The Kier molecular flexibility index (Phi) is 5.09. The Balaban J connectivity index is 2.59. The van der Waals surface area contributed by atoms with Crippen LogP contribution in [-0.4, -0.2) is 42.8 Å². The first-order valence-electron chi connectivity index (χ1n) is 7.18. The van der Waals surface area contributed by atoms with Gasteiger partial charge in [0.2, 0.25) is 0 Å². The van der Waals surface area contributed by atoms with Crippen molar-refractivity contribution in [2.24, 2.45) is 5.41 Å². The normalized spacial score (nSPS) is 18.5. The number of rotatable bonds is 4. The van der Waals surface area contributed by atoms with E-state index in [4.69, 9.17) is 0 Å². The van der Waals surface area contributed by atoms with Crippen LogP contribution in [0.2, 0.25) is 0 Å². The summed E-state index contributed by atoms with van der Waals surface area (Å²) < 4.78 is 55.5. The highest BCUT2D eigenvalue weighted by Crippen LogP contribution is 2.41. The minimum atomic E-state index is -1.43. The fourth-order valence-electron chi connectivity index (χ4n) is 2.93. The Morgan fingerprint density at radius 2 is 1.64 bits per heavy atom. The third-order valence-electron chi connectivity index (χ3n) is 4.08. The van der Waals surface area contributed by atoms with Crippen molar-refractivity contribution in [1.82, 2.24) is 10.2 Å². The van der Waals surface area contributed by atoms with Gasteiger partial charge in [-0.05, 0) is 0 Å². The molecule has 0 aromatic heterocycles. The van der Waals surface area contributed by atoms with Gasteiger partial charge in [0, 0.05) is 55.9 Å². The molecular weight excluding hydrogens is 300 g/mol. The van der Waals surface area contributed by atoms with Crippen LogP contribution < -0.4 is 5.32 Å². The molecule has 0 saturated carbocycles. The molecule has 0 bridgehead atoms. The van der Waals surface area contributed by atoms with Crippen molar-refractivity contribution < 1.29 is 22.7 Å². The van der Waals surface area contributed by atoms with Crippen molar-refractivity contribution in [2.75, 3.05) is 32.8 Å². The fourth-order valence-corrected chi connectivity index (χ4v) is 2.93. The van der Waals surface area contributed by atoms with Crippen LogP contribution in [0.1, 0.15) is 25.5 Å². The Bertz CT molecular complexity index is 519. The van der Waals surface area contributed by atoms with Crippen LogP contribution in [-0.2, 0) is 0 Å². The zero-order valence-corrected chi connectivity index (χ0v) is 12.6. The summed E-state index contributed by atoms with van der Waals surface area (Å²) in [6.07, 6.45) is 0. The lowest BCUT2D eigenvalue weighted by molar-refractivity contribution is 0.0258. The second-order valence-electron chi connectivity index (χ2n) is 6.22. The third kappa shape index (κ3) is 3.11. The Morgan fingerprint density at radius 1 is 1.14 bits per heavy atom. The number of aliphatic hydroxyl groups excluding tert-OH is 1. The molecular formula is C15H20F4N2O. The van der Waals surface area contributed by atoms with E-state index >= 15 is 0 Å². The van der Waals surface area contributed by atoms with E-state index in [1.165, 1.54) is 0 Å². The smallest absolute Gasteiger partial charge is 0.166 e. The molecule has 1 fully saturated rings. The quantitative estimate of drug-likeness (QED) is 0.659. The van der Waals surface area contributed by atoms with Crippen LogP contribution in [0.3, 0.4) is 0 Å². The van der Waals surface area contributed by atoms with Gasteiger partial charge in [-0.25, -0.2) is 17.6 Å². The number of aliphatic hydroxyl groups is 1. The second-order valence-corrected chi connectivity index (χ2v) is 6.22. The Labute approximate surface area is 126 Å². The van der Waals surface area contributed by atoms with Crippen LogP contribution in [0.25, 0.3) is 0 Å². The van der Waals surface area contributed by atoms with E-state index in [0.29, 0.717) is 26.2 Å². The average Bonchev–Trinajstić information content (AvgIpc) is 2.50. The molecule has 0 radical (unpaired) electrons. The molecule has 7 heteroatoms. The van der Waals surface area contributed by atoms with E-state index in [1.54, 1.807) is 18.7 Å². The molecule has 1 aliphatic rings. The number of benzene rings is 1. The lowest BCUT2D eigenvalue weighted by atomic mass is 9.79.